The first-order valence-electron chi connectivity index (χ1n) is 13.4. The van der Waals surface area contributed by atoms with E-state index in [0.29, 0.717) is 44.8 Å². The smallest absolute Gasteiger partial charge is 0.277 e. The lowest BCUT2D eigenvalue weighted by molar-refractivity contribution is 0.102. The highest BCUT2D eigenvalue weighted by Crippen LogP contribution is 2.34. The zero-order valence-corrected chi connectivity index (χ0v) is 23.0. The van der Waals surface area contributed by atoms with Crippen LogP contribution in [-0.2, 0) is 0 Å². The number of pyridine rings is 1. The molecule has 1 atom stereocenters. The number of anilines is 2. The van der Waals surface area contributed by atoms with Crippen molar-refractivity contribution in [2.45, 2.75) is 18.8 Å². The molecule has 6 aromatic rings. The highest BCUT2D eigenvalue weighted by molar-refractivity contribution is 6.32. The number of halogens is 1. The van der Waals surface area contributed by atoms with Crippen molar-refractivity contribution < 1.29 is 9.53 Å². The Bertz CT molecular complexity index is 1950. The van der Waals surface area contributed by atoms with Crippen LogP contribution in [0, 0.1) is 0 Å². The number of carbonyl (C=O) groups is 1. The van der Waals surface area contributed by atoms with Crippen molar-refractivity contribution in [3.63, 3.8) is 0 Å². The van der Waals surface area contributed by atoms with Crippen molar-refractivity contribution in [2.75, 3.05) is 24.1 Å². The Balaban J connectivity index is 1.19. The normalized spacial score (nSPS) is 15.2. The molecule has 0 aliphatic carbocycles. The van der Waals surface area contributed by atoms with Gasteiger partial charge in [0.1, 0.15) is 30.0 Å². The summed E-state index contributed by atoms with van der Waals surface area (Å²) in [6.45, 7) is 1.88. The largest absolute Gasteiger partial charge is 0.456 e. The molecule has 0 spiro atoms. The van der Waals surface area contributed by atoms with Crippen LogP contribution in [0.25, 0.3) is 22.4 Å². The Hall–Kier alpha value is -5.07. The van der Waals surface area contributed by atoms with Crippen LogP contribution >= 0.6 is 11.6 Å². The van der Waals surface area contributed by atoms with Gasteiger partial charge < -0.3 is 21.1 Å². The first-order valence-corrected chi connectivity index (χ1v) is 13.8. The van der Waals surface area contributed by atoms with Gasteiger partial charge in [0.25, 0.3) is 5.91 Å². The monoisotopic (exact) mass is 580 g/mol. The second-order valence-electron chi connectivity index (χ2n) is 9.95. The number of piperidine rings is 1. The van der Waals surface area contributed by atoms with Crippen molar-refractivity contribution in [1.82, 2.24) is 39.7 Å². The Kier molecular flexibility index (Phi) is 6.61. The number of nitrogen functional groups attached to an aromatic ring is 1. The van der Waals surface area contributed by atoms with Crippen LogP contribution < -0.4 is 21.1 Å². The van der Waals surface area contributed by atoms with E-state index in [4.69, 9.17) is 27.2 Å². The minimum absolute atomic E-state index is 0.109. The lowest BCUT2D eigenvalue weighted by atomic mass is 9.90. The molecule has 12 nitrogen and oxygen atoms in total. The number of hydrogen-bond donors (Lipinski definition) is 3. The van der Waals surface area contributed by atoms with Crippen LogP contribution in [0.15, 0.2) is 73.4 Å². The Morgan fingerprint density at radius 2 is 2.00 bits per heavy atom. The summed E-state index contributed by atoms with van der Waals surface area (Å²) in [7, 11) is 0. The number of nitrogens with two attached hydrogens (primary N) is 1. The average molecular weight is 581 g/mol. The lowest BCUT2D eigenvalue weighted by Gasteiger charge is -2.25. The molecule has 210 valence electrons. The van der Waals surface area contributed by atoms with Crippen molar-refractivity contribution in [3.05, 3.63) is 89.7 Å². The van der Waals surface area contributed by atoms with Gasteiger partial charge in [-0.2, -0.15) is 10.2 Å². The molecule has 4 aromatic heterocycles. The minimum atomic E-state index is -0.473. The summed E-state index contributed by atoms with van der Waals surface area (Å²) in [5.41, 5.74) is 9.90. The van der Waals surface area contributed by atoms with E-state index in [-0.39, 0.29) is 11.5 Å². The second-order valence-corrected chi connectivity index (χ2v) is 10.4. The van der Waals surface area contributed by atoms with E-state index in [1.165, 1.54) is 12.7 Å². The van der Waals surface area contributed by atoms with Gasteiger partial charge in [-0.25, -0.2) is 24.1 Å². The molecule has 0 bridgehead atoms. The van der Waals surface area contributed by atoms with Gasteiger partial charge in [0.2, 0.25) is 0 Å². The van der Waals surface area contributed by atoms with Gasteiger partial charge in [-0.3, -0.25) is 4.79 Å². The first-order chi connectivity index (χ1) is 20.5. The van der Waals surface area contributed by atoms with Crippen LogP contribution in [0.3, 0.4) is 0 Å². The van der Waals surface area contributed by atoms with Gasteiger partial charge in [-0.1, -0.05) is 29.8 Å². The second kappa shape index (κ2) is 10.7. The number of rotatable bonds is 6. The number of aromatic nitrogens is 7. The number of para-hydroxylation sites is 1. The molecular weight excluding hydrogens is 556 g/mol. The molecule has 0 saturated carbocycles. The highest BCUT2D eigenvalue weighted by atomic mass is 35.5. The molecule has 1 fully saturated rings. The maximum Gasteiger partial charge on any atom is 0.277 e. The summed E-state index contributed by atoms with van der Waals surface area (Å²) in [6, 6.07) is 16.5. The van der Waals surface area contributed by atoms with Crippen molar-refractivity contribution in [1.29, 1.82) is 0 Å². The van der Waals surface area contributed by atoms with Gasteiger partial charge in [0, 0.05) is 24.5 Å². The molecule has 1 aliphatic heterocycles. The molecule has 7 rings (SSSR count). The Morgan fingerprint density at radius 3 is 2.86 bits per heavy atom. The summed E-state index contributed by atoms with van der Waals surface area (Å²) in [6.07, 6.45) is 6.72. The van der Waals surface area contributed by atoms with E-state index in [1.54, 1.807) is 45.7 Å². The fourth-order valence-corrected chi connectivity index (χ4v) is 5.50. The van der Waals surface area contributed by atoms with Crippen LogP contribution in [0.5, 0.6) is 11.5 Å². The SMILES string of the molecule is Nc1ncnc2c1c(C(=O)Nc1ccc(Oc3ccn4ncnc4c3)c(Cl)c1)nn2-c1ccccc1C1CCCNC1. The molecule has 2 aromatic carbocycles. The number of nitrogens with one attached hydrogen (secondary N) is 2. The van der Waals surface area contributed by atoms with Crippen LogP contribution in [0.1, 0.15) is 34.8 Å². The molecule has 1 unspecified atom stereocenters. The maximum absolute atomic E-state index is 13.6. The lowest BCUT2D eigenvalue weighted by Crippen LogP contribution is -2.29. The summed E-state index contributed by atoms with van der Waals surface area (Å²) in [5, 5.41) is 15.8. The molecule has 1 saturated heterocycles. The molecule has 1 aliphatic rings. The zero-order valence-electron chi connectivity index (χ0n) is 22.2. The standard InChI is InChI=1S/C29H25ClN10O2/c30-21-12-18(7-8-23(21)42-19-9-11-39-24(13-19)33-16-36-39)37-29(41)26-25-27(31)34-15-35-28(25)40(38-26)22-6-2-1-5-20(22)17-4-3-10-32-14-17/h1-2,5-9,11-13,15-17,32H,3-4,10,14H2,(H,37,41)(H2,31,34,35). The first kappa shape index (κ1) is 25.9. The third-order valence-corrected chi connectivity index (χ3v) is 7.58. The predicted octanol–water partition coefficient (Wildman–Crippen LogP) is 4.61. The number of ether oxygens (including phenoxy) is 1. The minimum Gasteiger partial charge on any atom is -0.456 e. The third kappa shape index (κ3) is 4.76. The van der Waals surface area contributed by atoms with Gasteiger partial charge in [0.15, 0.2) is 17.0 Å². The highest BCUT2D eigenvalue weighted by Gasteiger charge is 2.25. The summed E-state index contributed by atoms with van der Waals surface area (Å²) >= 11 is 6.53. The number of nitrogens with zero attached hydrogens (tertiary/aromatic N) is 7. The van der Waals surface area contributed by atoms with Gasteiger partial charge in [-0.05, 0) is 61.2 Å². The fourth-order valence-electron chi connectivity index (χ4n) is 5.28. The van der Waals surface area contributed by atoms with Gasteiger partial charge in [-0.15, -0.1) is 0 Å². The number of amides is 1. The molecular formula is C29H25ClN10O2. The van der Waals surface area contributed by atoms with E-state index < -0.39 is 5.91 Å². The van der Waals surface area contributed by atoms with Gasteiger partial charge in [0.05, 0.1) is 16.1 Å². The average Bonchev–Trinajstić information content (AvgIpc) is 3.64. The Morgan fingerprint density at radius 1 is 1.10 bits per heavy atom. The zero-order chi connectivity index (χ0) is 28.6. The van der Waals surface area contributed by atoms with E-state index >= 15 is 0 Å². The van der Waals surface area contributed by atoms with E-state index in [1.807, 2.05) is 18.2 Å². The number of hydrogen-bond acceptors (Lipinski definition) is 9. The molecule has 1 amide bonds. The van der Waals surface area contributed by atoms with E-state index in [0.717, 1.165) is 37.2 Å². The maximum atomic E-state index is 13.6. The van der Waals surface area contributed by atoms with E-state index in [9.17, 15) is 4.79 Å². The van der Waals surface area contributed by atoms with Crippen LogP contribution in [-0.4, -0.2) is 53.3 Å². The summed E-state index contributed by atoms with van der Waals surface area (Å²) < 4.78 is 9.25. The Labute approximate surface area is 244 Å². The topological polar surface area (TPSA) is 150 Å². The molecule has 0 radical (unpaired) electrons. The quantitative estimate of drug-likeness (QED) is 0.257. The van der Waals surface area contributed by atoms with Crippen LogP contribution in [0.4, 0.5) is 11.5 Å². The molecule has 13 heteroatoms. The van der Waals surface area contributed by atoms with Crippen molar-refractivity contribution >= 4 is 45.7 Å². The summed E-state index contributed by atoms with van der Waals surface area (Å²) in [5.74, 6) is 0.969. The predicted molar refractivity (Wildman–Crippen MR) is 158 cm³/mol. The number of benzene rings is 2. The van der Waals surface area contributed by atoms with Gasteiger partial charge >= 0.3 is 0 Å². The fraction of sp³-hybridized carbons (Fsp3) is 0.172. The van der Waals surface area contributed by atoms with Crippen LogP contribution in [0.2, 0.25) is 5.02 Å². The molecule has 5 heterocycles. The van der Waals surface area contributed by atoms with Crippen molar-refractivity contribution in [2.24, 2.45) is 0 Å². The number of carbonyl (C=O) groups excluding carboxylic acids is 1. The van der Waals surface area contributed by atoms with E-state index in [2.05, 4.69) is 36.8 Å². The molecule has 42 heavy (non-hydrogen) atoms. The number of fused-ring (bicyclic) bond motifs is 2. The molecule has 4 N–H and O–H groups in total. The summed E-state index contributed by atoms with van der Waals surface area (Å²) in [4.78, 5) is 26.4. The van der Waals surface area contributed by atoms with Crippen molar-refractivity contribution in [3.8, 4) is 17.2 Å². The third-order valence-electron chi connectivity index (χ3n) is 7.28.